The molecule has 4 heteroatoms. The van der Waals surface area contributed by atoms with Crippen molar-refractivity contribution in [1.82, 2.24) is 4.98 Å². The molecule has 0 fully saturated rings. The SMILES string of the molecule is CC(=O)SCCC#Cc1ccnc(F)c1. The maximum Gasteiger partial charge on any atom is 0.214 e. The van der Waals surface area contributed by atoms with Crippen LogP contribution in [-0.4, -0.2) is 15.9 Å². The van der Waals surface area contributed by atoms with Gasteiger partial charge >= 0.3 is 0 Å². The van der Waals surface area contributed by atoms with Gasteiger partial charge in [0, 0.05) is 36.9 Å². The lowest BCUT2D eigenvalue weighted by Crippen LogP contribution is -1.85. The molecule has 0 aliphatic carbocycles. The Kier molecular flexibility index (Phi) is 4.85. The minimum atomic E-state index is -0.528. The maximum atomic E-state index is 12.6. The Balaban J connectivity index is 2.41. The number of nitrogens with zero attached hydrogens (tertiary/aromatic N) is 1. The fraction of sp³-hybridized carbons (Fsp3) is 0.273. The van der Waals surface area contributed by atoms with E-state index in [1.807, 2.05) is 0 Å². The van der Waals surface area contributed by atoms with Crippen LogP contribution in [-0.2, 0) is 4.79 Å². The molecule has 0 aliphatic heterocycles. The Hall–Kier alpha value is -1.34. The number of hydrogen-bond donors (Lipinski definition) is 0. The molecule has 0 aliphatic rings. The summed E-state index contributed by atoms with van der Waals surface area (Å²) in [6.07, 6.45) is 2.00. The number of aromatic nitrogens is 1. The van der Waals surface area contributed by atoms with Crippen molar-refractivity contribution in [3.05, 3.63) is 29.8 Å². The monoisotopic (exact) mass is 223 g/mol. The van der Waals surface area contributed by atoms with Crippen molar-refractivity contribution in [2.45, 2.75) is 13.3 Å². The van der Waals surface area contributed by atoms with E-state index in [4.69, 9.17) is 0 Å². The number of pyridine rings is 1. The van der Waals surface area contributed by atoms with Gasteiger partial charge in [-0.15, -0.1) is 0 Å². The first-order valence-electron chi connectivity index (χ1n) is 4.42. The van der Waals surface area contributed by atoms with Crippen LogP contribution in [0.4, 0.5) is 4.39 Å². The molecule has 0 bridgehead atoms. The zero-order valence-electron chi connectivity index (χ0n) is 8.29. The standard InChI is InChI=1S/C11H10FNOS/c1-9(14)15-7-3-2-4-10-5-6-13-11(12)8-10/h5-6,8H,3,7H2,1H3. The average Bonchev–Trinajstić information content (AvgIpc) is 2.17. The van der Waals surface area contributed by atoms with Gasteiger partial charge in [0.05, 0.1) is 0 Å². The van der Waals surface area contributed by atoms with Crippen LogP contribution in [0, 0.1) is 17.8 Å². The summed E-state index contributed by atoms with van der Waals surface area (Å²) in [5.41, 5.74) is 0.607. The van der Waals surface area contributed by atoms with E-state index in [1.165, 1.54) is 30.9 Å². The molecular weight excluding hydrogens is 213 g/mol. The summed E-state index contributed by atoms with van der Waals surface area (Å²) in [7, 11) is 0. The molecule has 2 nitrogen and oxygen atoms in total. The highest BCUT2D eigenvalue weighted by atomic mass is 32.2. The molecule has 0 saturated heterocycles. The van der Waals surface area contributed by atoms with Gasteiger partial charge in [0.2, 0.25) is 5.95 Å². The number of carbonyl (C=O) groups excluding carboxylic acids is 1. The molecule has 0 atom stereocenters. The first-order valence-corrected chi connectivity index (χ1v) is 5.41. The van der Waals surface area contributed by atoms with Gasteiger partial charge in [0.25, 0.3) is 0 Å². The molecule has 1 rings (SSSR count). The summed E-state index contributed by atoms with van der Waals surface area (Å²) in [6, 6.07) is 2.93. The van der Waals surface area contributed by atoms with Gasteiger partial charge in [-0.25, -0.2) is 4.98 Å². The van der Waals surface area contributed by atoms with Gasteiger partial charge in [-0.05, 0) is 6.07 Å². The van der Waals surface area contributed by atoms with Crippen LogP contribution in [0.5, 0.6) is 0 Å². The molecule has 0 aromatic carbocycles. The normalized spacial score (nSPS) is 9.20. The van der Waals surface area contributed by atoms with Crippen LogP contribution >= 0.6 is 11.8 Å². The van der Waals surface area contributed by atoms with Gasteiger partial charge in [-0.1, -0.05) is 23.6 Å². The predicted octanol–water partition coefficient (Wildman–Crippen LogP) is 2.24. The summed E-state index contributed by atoms with van der Waals surface area (Å²) in [6.45, 7) is 1.52. The van der Waals surface area contributed by atoms with E-state index in [2.05, 4.69) is 16.8 Å². The number of carbonyl (C=O) groups is 1. The quantitative estimate of drug-likeness (QED) is 0.437. The maximum absolute atomic E-state index is 12.6. The molecule has 0 spiro atoms. The van der Waals surface area contributed by atoms with Crippen molar-refractivity contribution in [2.75, 3.05) is 5.75 Å². The summed E-state index contributed by atoms with van der Waals surface area (Å²) in [5.74, 6) is 5.82. The van der Waals surface area contributed by atoms with Crippen molar-refractivity contribution in [3.63, 3.8) is 0 Å². The van der Waals surface area contributed by atoms with Crippen molar-refractivity contribution < 1.29 is 9.18 Å². The lowest BCUT2D eigenvalue weighted by atomic mass is 10.2. The third-order valence-electron chi connectivity index (χ3n) is 1.49. The van der Waals surface area contributed by atoms with Gasteiger partial charge in [-0.2, -0.15) is 4.39 Å². The van der Waals surface area contributed by atoms with Crippen molar-refractivity contribution in [1.29, 1.82) is 0 Å². The van der Waals surface area contributed by atoms with Crippen LogP contribution in [0.2, 0.25) is 0 Å². The zero-order valence-corrected chi connectivity index (χ0v) is 9.10. The molecule has 15 heavy (non-hydrogen) atoms. The molecule has 78 valence electrons. The fourth-order valence-corrected chi connectivity index (χ4v) is 1.38. The largest absolute Gasteiger partial charge is 0.288 e. The van der Waals surface area contributed by atoms with Crippen molar-refractivity contribution >= 4 is 16.9 Å². The summed E-state index contributed by atoms with van der Waals surface area (Å²) in [5, 5.41) is 0.0896. The topological polar surface area (TPSA) is 30.0 Å². The van der Waals surface area contributed by atoms with Crippen LogP contribution < -0.4 is 0 Å². The summed E-state index contributed by atoms with van der Waals surface area (Å²) >= 11 is 1.24. The molecule has 0 amide bonds. The third-order valence-corrected chi connectivity index (χ3v) is 2.31. The van der Waals surface area contributed by atoms with Gasteiger partial charge in [-0.3, -0.25) is 4.79 Å². The number of halogens is 1. The molecule has 0 N–H and O–H groups in total. The summed E-state index contributed by atoms with van der Waals surface area (Å²) < 4.78 is 12.6. The Labute approximate surface area is 92.3 Å². The van der Waals surface area contributed by atoms with E-state index in [9.17, 15) is 9.18 Å². The molecule has 1 heterocycles. The van der Waals surface area contributed by atoms with Crippen molar-refractivity contribution in [3.8, 4) is 11.8 Å². The average molecular weight is 223 g/mol. The highest BCUT2D eigenvalue weighted by molar-refractivity contribution is 8.13. The minimum Gasteiger partial charge on any atom is -0.288 e. The van der Waals surface area contributed by atoms with Gasteiger partial charge in [0.1, 0.15) is 0 Å². The van der Waals surface area contributed by atoms with E-state index in [0.29, 0.717) is 17.7 Å². The second-order valence-electron chi connectivity index (χ2n) is 2.76. The third kappa shape index (κ3) is 5.18. The molecular formula is C11H10FNOS. The Morgan fingerprint density at radius 2 is 2.47 bits per heavy atom. The van der Waals surface area contributed by atoms with E-state index >= 15 is 0 Å². The second-order valence-corrected chi connectivity index (χ2v) is 4.03. The lowest BCUT2D eigenvalue weighted by molar-refractivity contribution is -0.109. The van der Waals surface area contributed by atoms with Crippen LogP contribution in [0.15, 0.2) is 18.3 Å². The van der Waals surface area contributed by atoms with E-state index in [0.717, 1.165) is 0 Å². The molecule has 0 saturated carbocycles. The van der Waals surface area contributed by atoms with E-state index in [-0.39, 0.29) is 5.12 Å². The van der Waals surface area contributed by atoms with Crippen LogP contribution in [0.25, 0.3) is 0 Å². The zero-order chi connectivity index (χ0) is 11.1. The van der Waals surface area contributed by atoms with Gasteiger partial charge in [0.15, 0.2) is 5.12 Å². The second kappa shape index (κ2) is 6.20. The molecule has 1 aromatic heterocycles. The van der Waals surface area contributed by atoms with Crippen molar-refractivity contribution in [2.24, 2.45) is 0 Å². The van der Waals surface area contributed by atoms with Crippen LogP contribution in [0.3, 0.4) is 0 Å². The highest BCUT2D eigenvalue weighted by Gasteiger charge is 1.92. The Morgan fingerprint density at radius 1 is 1.67 bits per heavy atom. The summed E-state index contributed by atoms with van der Waals surface area (Å²) in [4.78, 5) is 14.0. The predicted molar refractivity (Wildman–Crippen MR) is 58.8 cm³/mol. The van der Waals surface area contributed by atoms with Crippen LogP contribution in [0.1, 0.15) is 18.9 Å². The van der Waals surface area contributed by atoms with E-state index < -0.39 is 5.95 Å². The lowest BCUT2D eigenvalue weighted by Gasteiger charge is -1.90. The Bertz CT molecular complexity index is 409. The molecule has 0 radical (unpaired) electrons. The molecule has 0 unspecified atom stereocenters. The minimum absolute atomic E-state index is 0.0896. The Morgan fingerprint density at radius 3 is 3.13 bits per heavy atom. The number of rotatable bonds is 2. The first-order chi connectivity index (χ1) is 7.18. The van der Waals surface area contributed by atoms with E-state index in [1.54, 1.807) is 6.07 Å². The highest BCUT2D eigenvalue weighted by Crippen LogP contribution is 2.02. The smallest absolute Gasteiger partial charge is 0.214 e. The van der Waals surface area contributed by atoms with Gasteiger partial charge < -0.3 is 0 Å². The number of thioether (sulfide) groups is 1. The fourth-order valence-electron chi connectivity index (χ4n) is 0.891. The number of hydrogen-bond acceptors (Lipinski definition) is 3. The molecule has 1 aromatic rings. The first kappa shape index (κ1) is 11.7.